The molecule has 0 aromatic heterocycles. The molecule has 0 heterocycles. The monoisotopic (exact) mass is 190 g/mol. The Hall–Kier alpha value is -0.0400. The average molecular weight is 190 g/mol. The highest BCUT2D eigenvalue weighted by Crippen LogP contribution is 1.81. The van der Waals surface area contributed by atoms with E-state index in [1.165, 1.54) is 0 Å². The Morgan fingerprint density at radius 3 is 0.692 bits per heavy atom. The van der Waals surface area contributed by atoms with Crippen LogP contribution in [0.5, 0.6) is 0 Å². The van der Waals surface area contributed by atoms with E-state index in [1.54, 1.807) is 7.11 Å². The van der Waals surface area contributed by atoms with Gasteiger partial charge in [0.25, 0.3) is 0 Å². The second kappa shape index (κ2) is 14.5. The van der Waals surface area contributed by atoms with Gasteiger partial charge in [-0.3, -0.25) is 0 Å². The summed E-state index contributed by atoms with van der Waals surface area (Å²) >= 11 is 0. The second-order valence-electron chi connectivity index (χ2n) is 4.75. The molecule has 0 unspecified atom stereocenters. The van der Waals surface area contributed by atoms with Gasteiger partial charge in [-0.1, -0.05) is 41.5 Å². The van der Waals surface area contributed by atoms with Gasteiger partial charge in [-0.15, -0.1) is 0 Å². The Morgan fingerprint density at radius 1 is 0.615 bits per heavy atom. The summed E-state index contributed by atoms with van der Waals surface area (Å²) in [4.78, 5) is 0. The minimum absolute atomic E-state index is 0.384. The van der Waals surface area contributed by atoms with Crippen LogP contribution in [0.15, 0.2) is 0 Å². The third kappa shape index (κ3) is 309. The summed E-state index contributed by atoms with van der Waals surface area (Å²) in [6.07, 6.45) is 0.384. The second-order valence-corrected chi connectivity index (χ2v) is 4.75. The Labute approximate surface area is 85.9 Å². The van der Waals surface area contributed by atoms with Gasteiger partial charge in [-0.05, 0) is 25.7 Å². The van der Waals surface area contributed by atoms with Gasteiger partial charge in [0, 0.05) is 7.11 Å². The van der Waals surface area contributed by atoms with Crippen molar-refractivity contribution in [1.29, 1.82) is 0 Å². The van der Waals surface area contributed by atoms with E-state index in [0.29, 0.717) is 6.10 Å². The van der Waals surface area contributed by atoms with Crippen LogP contribution in [-0.4, -0.2) is 13.2 Å². The molecule has 1 heteroatoms. The quantitative estimate of drug-likeness (QED) is 0.597. The van der Waals surface area contributed by atoms with Gasteiger partial charge in [0.2, 0.25) is 0 Å². The fourth-order valence-electron chi connectivity index (χ4n) is 0. The number of methoxy groups -OCH3 is 1. The third-order valence-electron chi connectivity index (χ3n) is 0.471. The standard InChI is InChI=1S/C4H10O.2C4H10/c1-4(2)5-3;2*1-4(2)3/h4H,1-3H3;2*4H,1-3H3. The Bertz CT molecular complexity index is 54.0. The van der Waals surface area contributed by atoms with E-state index in [4.69, 9.17) is 4.74 Å². The number of hydrogen-bond acceptors (Lipinski definition) is 1. The normalized spacial score (nSPS) is 9.23. The van der Waals surface area contributed by atoms with Gasteiger partial charge in [0.1, 0.15) is 0 Å². The molecule has 0 saturated carbocycles. The topological polar surface area (TPSA) is 9.23 Å². The molecular weight excluding hydrogens is 160 g/mol. The first-order chi connectivity index (χ1) is 5.73. The zero-order chi connectivity index (χ0) is 11.4. The first kappa shape index (κ1) is 18.7. The molecule has 13 heavy (non-hydrogen) atoms. The molecule has 0 spiro atoms. The maximum atomic E-state index is 4.75. The molecule has 0 N–H and O–H groups in total. The van der Waals surface area contributed by atoms with E-state index in [2.05, 4.69) is 41.5 Å². The van der Waals surface area contributed by atoms with Gasteiger partial charge < -0.3 is 4.74 Å². The van der Waals surface area contributed by atoms with E-state index in [0.717, 1.165) is 11.8 Å². The third-order valence-corrected chi connectivity index (χ3v) is 0.471. The van der Waals surface area contributed by atoms with E-state index in [-0.39, 0.29) is 0 Å². The van der Waals surface area contributed by atoms with Crippen LogP contribution in [0.4, 0.5) is 0 Å². The first-order valence-electron chi connectivity index (χ1n) is 5.26. The summed E-state index contributed by atoms with van der Waals surface area (Å²) in [6, 6.07) is 0. The maximum absolute atomic E-state index is 4.75. The maximum Gasteiger partial charge on any atom is 0.0515 e. The summed E-state index contributed by atoms with van der Waals surface area (Å²) < 4.78 is 4.75. The lowest BCUT2D eigenvalue weighted by Gasteiger charge is -1.94. The summed E-state index contributed by atoms with van der Waals surface area (Å²) in [5, 5.41) is 0. The Morgan fingerprint density at radius 2 is 0.692 bits per heavy atom. The minimum Gasteiger partial charge on any atom is -0.382 e. The summed E-state index contributed by atoms with van der Waals surface area (Å²) in [5.74, 6) is 1.67. The van der Waals surface area contributed by atoms with Gasteiger partial charge in [0.15, 0.2) is 0 Å². The molecule has 1 nitrogen and oxygen atoms in total. The lowest BCUT2D eigenvalue weighted by molar-refractivity contribution is 0.134. The van der Waals surface area contributed by atoms with Crippen LogP contribution in [-0.2, 0) is 4.74 Å². The van der Waals surface area contributed by atoms with Crippen molar-refractivity contribution in [2.24, 2.45) is 11.8 Å². The van der Waals surface area contributed by atoms with Crippen molar-refractivity contribution in [3.8, 4) is 0 Å². The predicted molar refractivity (Wildman–Crippen MR) is 63.2 cm³/mol. The van der Waals surface area contributed by atoms with Crippen LogP contribution in [0.2, 0.25) is 0 Å². The number of rotatable bonds is 1. The predicted octanol–water partition coefficient (Wildman–Crippen LogP) is 4.37. The van der Waals surface area contributed by atoms with E-state index < -0.39 is 0 Å². The molecule has 0 saturated heterocycles. The van der Waals surface area contributed by atoms with Crippen molar-refractivity contribution in [2.75, 3.05) is 7.11 Å². The van der Waals surface area contributed by atoms with Crippen molar-refractivity contribution in [3.05, 3.63) is 0 Å². The fraction of sp³-hybridized carbons (Fsp3) is 1.00. The molecule has 0 aromatic rings. The van der Waals surface area contributed by atoms with Crippen molar-refractivity contribution < 1.29 is 4.74 Å². The van der Waals surface area contributed by atoms with E-state index >= 15 is 0 Å². The molecule has 0 aliphatic carbocycles. The SMILES string of the molecule is CC(C)C.CC(C)C.COC(C)C. The molecule has 0 fully saturated rings. The van der Waals surface area contributed by atoms with Gasteiger partial charge in [-0.2, -0.15) is 0 Å². The summed E-state index contributed by atoms with van der Waals surface area (Å²) in [7, 11) is 1.70. The Kier molecular flexibility index (Phi) is 20.8. The molecule has 0 aliphatic rings. The summed E-state index contributed by atoms with van der Waals surface area (Å²) in [5.41, 5.74) is 0. The van der Waals surface area contributed by atoms with Crippen molar-refractivity contribution in [3.63, 3.8) is 0 Å². The zero-order valence-electron chi connectivity index (χ0n) is 11.1. The van der Waals surface area contributed by atoms with Crippen molar-refractivity contribution >= 4 is 0 Å². The van der Waals surface area contributed by atoms with Crippen LogP contribution in [0.3, 0.4) is 0 Å². The smallest absolute Gasteiger partial charge is 0.0515 e. The van der Waals surface area contributed by atoms with Crippen molar-refractivity contribution in [1.82, 2.24) is 0 Å². The van der Waals surface area contributed by atoms with E-state index in [1.807, 2.05) is 13.8 Å². The molecule has 0 aromatic carbocycles. The summed E-state index contributed by atoms with van der Waals surface area (Å²) in [6.45, 7) is 17.0. The molecule has 0 atom stereocenters. The highest BCUT2D eigenvalue weighted by atomic mass is 16.5. The average Bonchev–Trinajstić information content (AvgIpc) is 1.84. The van der Waals surface area contributed by atoms with Crippen LogP contribution in [0, 0.1) is 11.8 Å². The zero-order valence-corrected chi connectivity index (χ0v) is 11.1. The van der Waals surface area contributed by atoms with Crippen LogP contribution in [0.25, 0.3) is 0 Å². The highest BCUT2D eigenvalue weighted by Gasteiger charge is 1.78. The molecule has 0 aliphatic heterocycles. The largest absolute Gasteiger partial charge is 0.382 e. The molecule has 84 valence electrons. The van der Waals surface area contributed by atoms with Crippen LogP contribution in [0.1, 0.15) is 55.4 Å². The van der Waals surface area contributed by atoms with Gasteiger partial charge in [0.05, 0.1) is 6.10 Å². The number of hydrogen-bond donors (Lipinski definition) is 0. The lowest BCUT2D eigenvalue weighted by Crippen LogP contribution is -1.94. The van der Waals surface area contributed by atoms with Crippen LogP contribution < -0.4 is 0 Å². The molecule has 0 amide bonds. The number of ether oxygens (including phenoxy) is 1. The molecule has 0 bridgehead atoms. The van der Waals surface area contributed by atoms with Gasteiger partial charge in [-0.25, -0.2) is 0 Å². The molecule has 0 rings (SSSR count). The molecular formula is C12H30O. The molecule has 0 radical (unpaired) electrons. The van der Waals surface area contributed by atoms with Gasteiger partial charge >= 0.3 is 0 Å². The van der Waals surface area contributed by atoms with Crippen molar-refractivity contribution in [2.45, 2.75) is 61.5 Å². The Balaban J connectivity index is -0.000000117. The van der Waals surface area contributed by atoms with Crippen LogP contribution >= 0.6 is 0 Å². The lowest BCUT2D eigenvalue weighted by atomic mass is 10.3. The first-order valence-corrected chi connectivity index (χ1v) is 5.26. The fourth-order valence-corrected chi connectivity index (χ4v) is 0. The van der Waals surface area contributed by atoms with E-state index in [9.17, 15) is 0 Å². The highest BCUT2D eigenvalue weighted by molar-refractivity contribution is 4.27. The minimum atomic E-state index is 0.384.